The Bertz CT molecular complexity index is 780. The van der Waals surface area contributed by atoms with Gasteiger partial charge < -0.3 is 19.9 Å². The van der Waals surface area contributed by atoms with Crippen LogP contribution in [0.25, 0.3) is 0 Å². The molecule has 6 heteroatoms. The van der Waals surface area contributed by atoms with Crippen LogP contribution in [0.15, 0.2) is 47.7 Å². The highest BCUT2D eigenvalue weighted by molar-refractivity contribution is 5.79. The monoisotopic (exact) mass is 425 g/mol. The molecule has 2 aromatic rings. The Morgan fingerprint density at radius 1 is 1.19 bits per heavy atom. The minimum Gasteiger partial charge on any atom is -0.382 e. The lowest BCUT2D eigenvalue weighted by molar-refractivity contribution is 0.105. The van der Waals surface area contributed by atoms with Crippen LogP contribution in [0.1, 0.15) is 56.8 Å². The van der Waals surface area contributed by atoms with Crippen LogP contribution < -0.4 is 10.6 Å². The topological polar surface area (TPSA) is 63.5 Å². The summed E-state index contributed by atoms with van der Waals surface area (Å²) in [6.45, 7) is 6.31. The van der Waals surface area contributed by atoms with Crippen LogP contribution in [0.3, 0.4) is 0 Å². The number of aliphatic imine (C=N–C) groups is 1. The van der Waals surface area contributed by atoms with Crippen molar-refractivity contribution in [1.82, 2.24) is 20.2 Å². The number of hydrogen-bond donors (Lipinski definition) is 2. The summed E-state index contributed by atoms with van der Waals surface area (Å²) in [5.74, 6) is 1.89. The van der Waals surface area contributed by atoms with Crippen molar-refractivity contribution in [3.63, 3.8) is 0 Å². The molecule has 0 unspecified atom stereocenters. The van der Waals surface area contributed by atoms with Gasteiger partial charge in [0.15, 0.2) is 5.96 Å². The molecule has 0 atom stereocenters. The molecule has 0 amide bonds. The predicted octanol–water partition coefficient (Wildman–Crippen LogP) is 4.17. The Morgan fingerprint density at radius 2 is 2.00 bits per heavy atom. The van der Waals surface area contributed by atoms with Gasteiger partial charge in [0.05, 0.1) is 6.54 Å². The molecule has 31 heavy (non-hydrogen) atoms. The fraction of sp³-hybridized carbons (Fsp3) is 0.600. The molecule has 0 spiro atoms. The summed E-state index contributed by atoms with van der Waals surface area (Å²) in [4.78, 5) is 8.98. The molecule has 1 aromatic carbocycles. The number of imidazole rings is 1. The van der Waals surface area contributed by atoms with Gasteiger partial charge in [0.2, 0.25) is 0 Å². The first-order chi connectivity index (χ1) is 15.2. The predicted molar refractivity (Wildman–Crippen MR) is 127 cm³/mol. The van der Waals surface area contributed by atoms with E-state index in [4.69, 9.17) is 4.74 Å². The molecule has 0 radical (unpaired) electrons. The van der Waals surface area contributed by atoms with Crippen LogP contribution in [0, 0.1) is 5.41 Å². The summed E-state index contributed by atoms with van der Waals surface area (Å²) < 4.78 is 7.88. The van der Waals surface area contributed by atoms with Crippen LogP contribution in [-0.2, 0) is 24.2 Å². The molecule has 0 bridgehead atoms. The van der Waals surface area contributed by atoms with Gasteiger partial charge in [-0.25, -0.2) is 4.98 Å². The average molecular weight is 426 g/mol. The number of aromatic nitrogens is 2. The Labute approximate surface area is 187 Å². The number of benzene rings is 1. The molecule has 3 rings (SSSR count). The van der Waals surface area contributed by atoms with Crippen molar-refractivity contribution < 1.29 is 4.74 Å². The van der Waals surface area contributed by atoms with Gasteiger partial charge in [-0.15, -0.1) is 0 Å². The lowest BCUT2D eigenvalue weighted by atomic mass is 9.83. The van der Waals surface area contributed by atoms with E-state index in [-0.39, 0.29) is 0 Å². The van der Waals surface area contributed by atoms with E-state index in [0.717, 1.165) is 57.3 Å². The Kier molecular flexibility index (Phi) is 9.40. The third-order valence-corrected chi connectivity index (χ3v) is 6.42. The first-order valence-corrected chi connectivity index (χ1v) is 11.8. The van der Waals surface area contributed by atoms with E-state index in [9.17, 15) is 0 Å². The minimum atomic E-state index is 0.336. The second kappa shape index (κ2) is 12.5. The van der Waals surface area contributed by atoms with Crippen LogP contribution in [-0.4, -0.2) is 42.3 Å². The summed E-state index contributed by atoms with van der Waals surface area (Å²) in [7, 11) is 1.84. The number of guanidine groups is 1. The lowest BCUT2D eigenvalue weighted by Crippen LogP contribution is -2.43. The molecular weight excluding hydrogens is 386 g/mol. The number of rotatable bonds is 12. The minimum absolute atomic E-state index is 0.336. The first kappa shape index (κ1) is 23.3. The summed E-state index contributed by atoms with van der Waals surface area (Å²) in [6, 6.07) is 10.7. The number of aryl methyl sites for hydroxylation is 2. The van der Waals surface area contributed by atoms with E-state index in [1.165, 1.54) is 31.2 Å². The molecule has 0 aliphatic heterocycles. The summed E-state index contributed by atoms with van der Waals surface area (Å²) in [5.41, 5.74) is 1.72. The maximum Gasteiger partial charge on any atom is 0.191 e. The standard InChI is InChI=1S/C25H39N5O/c1-3-31-19-15-25(13-7-8-14-25)21-29-24(26-2)28-20-23-27-16-18-30(23)17-9-12-22-10-5-4-6-11-22/h4-6,10-11,16,18H,3,7-9,12-15,17,19-21H2,1-2H3,(H2,26,28,29). The fourth-order valence-electron chi connectivity index (χ4n) is 4.54. The Balaban J connectivity index is 1.44. The van der Waals surface area contributed by atoms with E-state index in [1.807, 2.05) is 13.2 Å². The largest absolute Gasteiger partial charge is 0.382 e. The second-order valence-corrected chi connectivity index (χ2v) is 8.56. The van der Waals surface area contributed by atoms with Crippen molar-refractivity contribution in [2.75, 3.05) is 26.8 Å². The Morgan fingerprint density at radius 3 is 2.74 bits per heavy atom. The maximum absolute atomic E-state index is 5.64. The zero-order valence-electron chi connectivity index (χ0n) is 19.3. The number of hydrogen-bond acceptors (Lipinski definition) is 3. The van der Waals surface area contributed by atoms with Crippen molar-refractivity contribution in [2.24, 2.45) is 10.4 Å². The van der Waals surface area contributed by atoms with Crippen LogP contribution in [0.4, 0.5) is 0 Å². The van der Waals surface area contributed by atoms with Gasteiger partial charge in [-0.1, -0.05) is 43.2 Å². The molecule has 1 aliphatic rings. The summed E-state index contributed by atoms with van der Waals surface area (Å²) in [5, 5.41) is 7.03. The Hall–Kier alpha value is -2.34. The molecule has 0 saturated heterocycles. The van der Waals surface area contributed by atoms with Gasteiger partial charge in [0.1, 0.15) is 5.82 Å². The van der Waals surface area contributed by atoms with Crippen molar-refractivity contribution in [1.29, 1.82) is 0 Å². The molecule has 1 aromatic heterocycles. The molecule has 170 valence electrons. The zero-order chi connectivity index (χ0) is 21.8. The van der Waals surface area contributed by atoms with E-state index < -0.39 is 0 Å². The van der Waals surface area contributed by atoms with Gasteiger partial charge in [0, 0.05) is 45.7 Å². The molecule has 1 saturated carbocycles. The van der Waals surface area contributed by atoms with Gasteiger partial charge >= 0.3 is 0 Å². The average Bonchev–Trinajstić information content (AvgIpc) is 3.45. The van der Waals surface area contributed by atoms with Crippen molar-refractivity contribution in [2.45, 2.75) is 65.0 Å². The molecule has 1 heterocycles. The molecular formula is C25H39N5O. The molecule has 1 aliphatic carbocycles. The number of nitrogens with one attached hydrogen (secondary N) is 2. The maximum atomic E-state index is 5.64. The first-order valence-electron chi connectivity index (χ1n) is 11.8. The van der Waals surface area contributed by atoms with Gasteiger partial charge in [0.25, 0.3) is 0 Å². The van der Waals surface area contributed by atoms with Gasteiger partial charge in [-0.3, -0.25) is 4.99 Å². The molecule has 1 fully saturated rings. The van der Waals surface area contributed by atoms with Gasteiger partial charge in [-0.2, -0.15) is 0 Å². The van der Waals surface area contributed by atoms with E-state index in [2.05, 4.69) is 68.6 Å². The summed E-state index contributed by atoms with van der Waals surface area (Å²) in [6.07, 6.45) is 12.4. The highest BCUT2D eigenvalue weighted by atomic mass is 16.5. The normalized spacial score (nSPS) is 15.9. The number of ether oxygens (including phenoxy) is 1. The van der Waals surface area contributed by atoms with Crippen LogP contribution >= 0.6 is 0 Å². The molecule has 6 nitrogen and oxygen atoms in total. The molecule has 2 N–H and O–H groups in total. The van der Waals surface area contributed by atoms with Crippen molar-refractivity contribution >= 4 is 5.96 Å². The zero-order valence-corrected chi connectivity index (χ0v) is 19.3. The van der Waals surface area contributed by atoms with Gasteiger partial charge in [-0.05, 0) is 50.0 Å². The van der Waals surface area contributed by atoms with Crippen molar-refractivity contribution in [3.8, 4) is 0 Å². The SMILES string of the molecule is CCOCCC1(CNC(=NC)NCc2nccn2CCCc2ccccc2)CCCC1. The lowest BCUT2D eigenvalue weighted by Gasteiger charge is -2.30. The van der Waals surface area contributed by atoms with E-state index >= 15 is 0 Å². The smallest absolute Gasteiger partial charge is 0.191 e. The number of nitrogens with zero attached hydrogens (tertiary/aromatic N) is 3. The van der Waals surface area contributed by atoms with Crippen LogP contribution in [0.2, 0.25) is 0 Å². The highest BCUT2D eigenvalue weighted by Crippen LogP contribution is 2.40. The third-order valence-electron chi connectivity index (χ3n) is 6.42. The van der Waals surface area contributed by atoms with E-state index in [1.54, 1.807) is 0 Å². The second-order valence-electron chi connectivity index (χ2n) is 8.56. The quantitative estimate of drug-likeness (QED) is 0.304. The third kappa shape index (κ3) is 7.39. The highest BCUT2D eigenvalue weighted by Gasteiger charge is 2.33. The van der Waals surface area contributed by atoms with E-state index in [0.29, 0.717) is 12.0 Å². The van der Waals surface area contributed by atoms with Crippen LogP contribution in [0.5, 0.6) is 0 Å². The summed E-state index contributed by atoms with van der Waals surface area (Å²) >= 11 is 0. The fourth-order valence-corrected chi connectivity index (χ4v) is 4.54. The van der Waals surface area contributed by atoms with Crippen molar-refractivity contribution in [3.05, 3.63) is 54.1 Å².